The van der Waals surface area contributed by atoms with Gasteiger partial charge in [0, 0.05) is 37.6 Å². The van der Waals surface area contributed by atoms with Crippen molar-refractivity contribution in [2.24, 2.45) is 0 Å². The lowest BCUT2D eigenvalue weighted by atomic mass is 10.1. The number of non-ortho nitro benzene ring substituents is 1. The predicted octanol–water partition coefficient (Wildman–Crippen LogP) is 6.07. The van der Waals surface area contributed by atoms with Crippen molar-refractivity contribution in [3.05, 3.63) is 112 Å². The number of ether oxygens (including phenoxy) is 1. The number of anilines is 3. The largest absolute Gasteiger partial charge is 0.423 e. The Morgan fingerprint density at radius 1 is 0.872 bits per heavy atom. The number of hydrogen-bond acceptors (Lipinski definition) is 8. The van der Waals surface area contributed by atoms with Gasteiger partial charge in [-0.3, -0.25) is 10.1 Å². The van der Waals surface area contributed by atoms with Crippen molar-refractivity contribution in [3.63, 3.8) is 0 Å². The average molecular weight is 546 g/mol. The minimum atomic E-state index is -3.83. The molecule has 0 unspecified atom stereocenters. The Bertz CT molecular complexity index is 1650. The van der Waals surface area contributed by atoms with Gasteiger partial charge in [0.1, 0.15) is 5.75 Å². The van der Waals surface area contributed by atoms with Gasteiger partial charge in [0.15, 0.2) is 0 Å². The zero-order valence-corrected chi connectivity index (χ0v) is 22.7. The smallest absolute Gasteiger partial charge is 0.343 e. The van der Waals surface area contributed by atoms with Crippen molar-refractivity contribution in [1.29, 1.82) is 0 Å². The number of sulfone groups is 1. The van der Waals surface area contributed by atoms with Crippen molar-refractivity contribution >= 4 is 38.6 Å². The first kappa shape index (κ1) is 27.3. The van der Waals surface area contributed by atoms with E-state index in [0.29, 0.717) is 28.3 Å². The summed E-state index contributed by atoms with van der Waals surface area (Å²) in [6.07, 6.45) is 0. The summed E-state index contributed by atoms with van der Waals surface area (Å²) in [6.45, 7) is 3.57. The molecule has 4 aromatic rings. The highest BCUT2D eigenvalue weighted by Crippen LogP contribution is 2.35. The van der Waals surface area contributed by atoms with E-state index in [9.17, 15) is 23.3 Å². The van der Waals surface area contributed by atoms with Gasteiger partial charge >= 0.3 is 5.97 Å². The second kappa shape index (κ2) is 11.0. The topological polar surface area (TPSA) is 119 Å². The van der Waals surface area contributed by atoms with Crippen LogP contribution in [0.3, 0.4) is 0 Å². The Labute approximate surface area is 226 Å². The van der Waals surface area contributed by atoms with Gasteiger partial charge in [-0.1, -0.05) is 18.2 Å². The minimum absolute atomic E-state index is 0.124. The van der Waals surface area contributed by atoms with Crippen LogP contribution >= 0.6 is 0 Å². The molecule has 4 rings (SSSR count). The van der Waals surface area contributed by atoms with E-state index in [2.05, 4.69) is 5.32 Å². The van der Waals surface area contributed by atoms with Crippen LogP contribution in [0.1, 0.15) is 21.5 Å². The van der Waals surface area contributed by atoms with Gasteiger partial charge in [-0.05, 0) is 79.6 Å². The molecular weight excluding hydrogens is 518 g/mol. The predicted molar refractivity (Wildman–Crippen MR) is 150 cm³/mol. The number of nitro groups is 1. The van der Waals surface area contributed by atoms with Gasteiger partial charge < -0.3 is 15.0 Å². The quantitative estimate of drug-likeness (QED) is 0.123. The highest BCUT2D eigenvalue weighted by molar-refractivity contribution is 7.91. The first-order chi connectivity index (χ1) is 18.5. The first-order valence-electron chi connectivity index (χ1n) is 11.9. The van der Waals surface area contributed by atoms with Crippen molar-refractivity contribution in [3.8, 4) is 5.75 Å². The van der Waals surface area contributed by atoms with Crippen molar-refractivity contribution < 1.29 is 22.9 Å². The molecule has 10 heteroatoms. The van der Waals surface area contributed by atoms with E-state index in [1.54, 1.807) is 61.5 Å². The van der Waals surface area contributed by atoms with Crippen LogP contribution in [0.25, 0.3) is 0 Å². The second-order valence-corrected chi connectivity index (χ2v) is 11.1. The molecule has 0 aliphatic carbocycles. The first-order valence-corrected chi connectivity index (χ1v) is 13.4. The minimum Gasteiger partial charge on any atom is -0.423 e. The molecule has 1 N–H and O–H groups in total. The number of esters is 1. The Balaban J connectivity index is 1.65. The summed E-state index contributed by atoms with van der Waals surface area (Å²) >= 11 is 0. The average Bonchev–Trinajstić information content (AvgIpc) is 2.92. The number of nitro benzene ring substituents is 1. The molecule has 200 valence electrons. The number of benzene rings is 4. The summed E-state index contributed by atoms with van der Waals surface area (Å²) in [6, 6.07) is 22.0. The maximum absolute atomic E-state index is 13.6. The van der Waals surface area contributed by atoms with Crippen LogP contribution in [0.2, 0.25) is 0 Å². The van der Waals surface area contributed by atoms with Crippen LogP contribution in [-0.2, 0) is 9.84 Å². The summed E-state index contributed by atoms with van der Waals surface area (Å²) in [5, 5.41) is 14.1. The summed E-state index contributed by atoms with van der Waals surface area (Å²) in [5.74, 6) is -0.329. The van der Waals surface area contributed by atoms with E-state index in [1.807, 2.05) is 32.0 Å². The number of hydrogen-bond donors (Lipinski definition) is 1. The highest BCUT2D eigenvalue weighted by atomic mass is 32.2. The Kier molecular flexibility index (Phi) is 7.68. The van der Waals surface area contributed by atoms with Crippen LogP contribution in [0.15, 0.2) is 94.7 Å². The van der Waals surface area contributed by atoms with Crippen LogP contribution in [0, 0.1) is 24.0 Å². The molecule has 0 aliphatic rings. The Morgan fingerprint density at radius 3 is 2.15 bits per heavy atom. The Hall–Kier alpha value is -4.70. The summed E-state index contributed by atoms with van der Waals surface area (Å²) in [7, 11) is -0.155. The van der Waals surface area contributed by atoms with Gasteiger partial charge in [-0.25, -0.2) is 13.2 Å². The zero-order valence-electron chi connectivity index (χ0n) is 21.8. The third-order valence-corrected chi connectivity index (χ3v) is 7.94. The molecule has 0 radical (unpaired) electrons. The highest BCUT2D eigenvalue weighted by Gasteiger charge is 2.23. The number of rotatable bonds is 8. The van der Waals surface area contributed by atoms with Gasteiger partial charge in [0.05, 0.1) is 26.0 Å². The van der Waals surface area contributed by atoms with Crippen LogP contribution < -0.4 is 15.0 Å². The number of carbonyl (C=O) groups is 1. The lowest BCUT2D eigenvalue weighted by Gasteiger charge is -2.19. The van der Waals surface area contributed by atoms with E-state index >= 15 is 0 Å². The van der Waals surface area contributed by atoms with Crippen LogP contribution in [-0.4, -0.2) is 33.4 Å². The normalized spacial score (nSPS) is 11.1. The third kappa shape index (κ3) is 5.91. The lowest BCUT2D eigenvalue weighted by molar-refractivity contribution is -0.384. The molecule has 0 saturated carbocycles. The molecule has 0 aliphatic heterocycles. The van der Waals surface area contributed by atoms with Crippen molar-refractivity contribution in [1.82, 2.24) is 0 Å². The fraction of sp³-hybridized carbons (Fsp3) is 0.138. The fourth-order valence-electron chi connectivity index (χ4n) is 3.90. The molecule has 0 bridgehead atoms. The number of nitrogens with one attached hydrogen (secondary N) is 1. The van der Waals surface area contributed by atoms with E-state index in [0.717, 1.165) is 5.69 Å². The van der Waals surface area contributed by atoms with E-state index in [1.165, 1.54) is 24.3 Å². The molecule has 0 aromatic heterocycles. The maximum Gasteiger partial charge on any atom is 0.343 e. The van der Waals surface area contributed by atoms with Crippen LogP contribution in [0.4, 0.5) is 22.7 Å². The van der Waals surface area contributed by atoms with E-state index < -0.39 is 20.7 Å². The maximum atomic E-state index is 13.6. The third-order valence-electron chi connectivity index (χ3n) is 6.13. The monoisotopic (exact) mass is 545 g/mol. The fourth-order valence-corrected chi connectivity index (χ4v) is 5.35. The molecule has 0 atom stereocenters. The summed E-state index contributed by atoms with van der Waals surface area (Å²) in [4.78, 5) is 25.1. The summed E-state index contributed by atoms with van der Waals surface area (Å²) < 4.78 is 32.7. The number of carbonyl (C=O) groups excluding carboxylic acids is 1. The molecular formula is C29H27N3O6S. The number of aryl methyl sites for hydroxylation is 2. The van der Waals surface area contributed by atoms with Gasteiger partial charge in [-0.2, -0.15) is 0 Å². The molecule has 0 heterocycles. The molecule has 0 spiro atoms. The molecule has 0 saturated heterocycles. The van der Waals surface area contributed by atoms with Gasteiger partial charge in [0.25, 0.3) is 5.69 Å². The van der Waals surface area contributed by atoms with E-state index in [4.69, 9.17) is 4.74 Å². The van der Waals surface area contributed by atoms with E-state index in [-0.39, 0.29) is 21.0 Å². The van der Waals surface area contributed by atoms with Gasteiger partial charge in [-0.15, -0.1) is 0 Å². The van der Waals surface area contributed by atoms with Crippen molar-refractivity contribution in [2.75, 3.05) is 24.3 Å². The Morgan fingerprint density at radius 2 is 1.54 bits per heavy atom. The zero-order chi connectivity index (χ0) is 28.3. The molecule has 9 nitrogen and oxygen atoms in total. The van der Waals surface area contributed by atoms with Crippen LogP contribution in [0.5, 0.6) is 5.75 Å². The SMILES string of the molecule is Cc1cc(OC(=O)c2ccc([N+](=O)[O-])cc2)c(C)cc1Nc1ccc(N(C)C)cc1S(=O)(=O)c1ccccc1. The second-order valence-electron chi connectivity index (χ2n) is 9.14. The molecule has 0 amide bonds. The summed E-state index contributed by atoms with van der Waals surface area (Å²) in [5.41, 5.74) is 3.18. The lowest BCUT2D eigenvalue weighted by Crippen LogP contribution is -2.12. The molecule has 0 fully saturated rings. The number of nitrogens with zero attached hydrogens (tertiary/aromatic N) is 2. The standard InChI is InChI=1S/C29H27N3O6S/c1-19-17-27(38-29(33)21-10-12-22(13-11-21)32(34)35)20(2)16-26(19)30-25-15-14-23(31(3)4)18-28(25)39(36,37)24-8-6-5-7-9-24/h5-18,30H,1-4H3. The molecule has 4 aromatic carbocycles. The van der Waals surface area contributed by atoms with Crippen molar-refractivity contribution in [2.45, 2.75) is 23.6 Å². The molecule has 39 heavy (non-hydrogen) atoms. The van der Waals surface area contributed by atoms with Gasteiger partial charge in [0.2, 0.25) is 9.84 Å².